The van der Waals surface area contributed by atoms with Crippen molar-refractivity contribution in [2.24, 2.45) is 7.05 Å². The first-order chi connectivity index (χ1) is 11.5. The quantitative estimate of drug-likeness (QED) is 0.864. The summed E-state index contributed by atoms with van der Waals surface area (Å²) in [5.74, 6) is 0.633. The van der Waals surface area contributed by atoms with Crippen LogP contribution in [-0.2, 0) is 7.05 Å². The molecule has 1 atom stereocenters. The van der Waals surface area contributed by atoms with Crippen LogP contribution in [0.1, 0.15) is 0 Å². The Kier molecular flexibility index (Phi) is 4.62. The summed E-state index contributed by atoms with van der Waals surface area (Å²) < 4.78 is 20.5. The number of benzene rings is 1. The van der Waals surface area contributed by atoms with Gasteiger partial charge in [0, 0.05) is 55.8 Å². The first-order valence-corrected chi connectivity index (χ1v) is 8.01. The van der Waals surface area contributed by atoms with E-state index in [0.717, 1.165) is 29.9 Å². The molecule has 1 aliphatic heterocycles. The zero-order valence-electron chi connectivity index (χ0n) is 14.4. The molecule has 0 radical (unpaired) electrons. The number of hydrogen-bond acceptors (Lipinski definition) is 5. The van der Waals surface area contributed by atoms with Crippen LogP contribution in [0.25, 0.3) is 11.1 Å². The molecule has 0 bridgehead atoms. The maximum Gasteiger partial charge on any atom is 0.143 e. The first-order valence-electron chi connectivity index (χ1n) is 8.01. The van der Waals surface area contributed by atoms with Gasteiger partial charge < -0.3 is 15.4 Å². The average molecular weight is 333 g/mol. The number of likely N-dealkylation sites (N-methyl/N-ethyl adjacent to an activating group) is 1. The standard InChI is InChI=1S/C17H24FN5O/c1-21-4-5-23(11-13(21)8-18)16-7-17(24-3)15(19)6-14(16)12-9-20-22(2)10-12/h6-7,9-10,13H,4-5,8,11,19H2,1-3H3. The Labute approximate surface area is 141 Å². The molecule has 1 aromatic heterocycles. The molecule has 0 amide bonds. The lowest BCUT2D eigenvalue weighted by atomic mass is 10.0. The molecule has 7 heteroatoms. The van der Waals surface area contributed by atoms with Gasteiger partial charge in [0.1, 0.15) is 12.4 Å². The van der Waals surface area contributed by atoms with E-state index in [9.17, 15) is 4.39 Å². The number of aromatic nitrogens is 2. The number of anilines is 2. The summed E-state index contributed by atoms with van der Waals surface area (Å²) in [7, 11) is 5.45. The van der Waals surface area contributed by atoms with Crippen molar-refractivity contribution in [3.63, 3.8) is 0 Å². The summed E-state index contributed by atoms with van der Waals surface area (Å²) in [6.07, 6.45) is 3.76. The molecule has 24 heavy (non-hydrogen) atoms. The van der Waals surface area contributed by atoms with Crippen molar-refractivity contribution in [2.45, 2.75) is 6.04 Å². The van der Waals surface area contributed by atoms with Crippen molar-refractivity contribution in [3.8, 4) is 16.9 Å². The van der Waals surface area contributed by atoms with Crippen LogP contribution in [0.4, 0.5) is 15.8 Å². The van der Waals surface area contributed by atoms with E-state index < -0.39 is 0 Å². The zero-order valence-corrected chi connectivity index (χ0v) is 14.4. The number of ether oxygens (including phenoxy) is 1. The Balaban J connectivity index is 2.04. The van der Waals surface area contributed by atoms with E-state index >= 15 is 0 Å². The van der Waals surface area contributed by atoms with Crippen LogP contribution in [0, 0.1) is 0 Å². The number of piperazine rings is 1. The zero-order chi connectivity index (χ0) is 17.3. The van der Waals surface area contributed by atoms with Crippen LogP contribution < -0.4 is 15.4 Å². The molecular formula is C17H24FN5O. The number of nitrogen functional groups attached to an aromatic ring is 1. The van der Waals surface area contributed by atoms with Gasteiger partial charge in [-0.3, -0.25) is 9.58 Å². The van der Waals surface area contributed by atoms with Crippen molar-refractivity contribution < 1.29 is 9.13 Å². The Morgan fingerprint density at radius 1 is 1.33 bits per heavy atom. The van der Waals surface area contributed by atoms with Gasteiger partial charge in [-0.1, -0.05) is 0 Å². The maximum absolute atomic E-state index is 13.3. The third-order valence-corrected chi connectivity index (χ3v) is 4.66. The number of nitrogens with two attached hydrogens (primary N) is 1. The molecule has 0 aliphatic carbocycles. The fraction of sp³-hybridized carbons (Fsp3) is 0.471. The summed E-state index contributed by atoms with van der Waals surface area (Å²) in [5.41, 5.74) is 9.66. The third-order valence-electron chi connectivity index (χ3n) is 4.66. The summed E-state index contributed by atoms with van der Waals surface area (Å²) in [4.78, 5) is 4.27. The highest BCUT2D eigenvalue weighted by atomic mass is 19.1. The number of aryl methyl sites for hydroxylation is 1. The number of nitrogens with zero attached hydrogens (tertiary/aromatic N) is 4. The summed E-state index contributed by atoms with van der Waals surface area (Å²) in [6.45, 7) is 1.91. The molecule has 1 aromatic carbocycles. The lowest BCUT2D eigenvalue weighted by Crippen LogP contribution is -2.52. The number of rotatable bonds is 4. The largest absolute Gasteiger partial charge is 0.495 e. The van der Waals surface area contributed by atoms with E-state index in [1.807, 2.05) is 38.6 Å². The monoisotopic (exact) mass is 333 g/mol. The minimum atomic E-state index is -0.360. The number of methoxy groups -OCH3 is 1. The van der Waals surface area contributed by atoms with Gasteiger partial charge in [0.05, 0.1) is 25.0 Å². The van der Waals surface area contributed by atoms with Crippen LogP contribution in [-0.4, -0.2) is 61.2 Å². The van der Waals surface area contributed by atoms with Gasteiger partial charge in [-0.05, 0) is 13.1 Å². The van der Waals surface area contributed by atoms with Crippen molar-refractivity contribution in [1.82, 2.24) is 14.7 Å². The molecule has 1 saturated heterocycles. The molecule has 1 unspecified atom stereocenters. The topological polar surface area (TPSA) is 59.5 Å². The first kappa shape index (κ1) is 16.6. The van der Waals surface area contributed by atoms with Gasteiger partial charge in [0.25, 0.3) is 0 Å². The van der Waals surface area contributed by atoms with Crippen LogP contribution in [0.3, 0.4) is 0 Å². The number of halogens is 1. The van der Waals surface area contributed by atoms with Crippen LogP contribution in [0.5, 0.6) is 5.75 Å². The SMILES string of the molecule is COc1cc(N2CCN(C)C(CF)C2)c(-c2cnn(C)c2)cc1N. The van der Waals surface area contributed by atoms with E-state index in [1.165, 1.54) is 0 Å². The van der Waals surface area contributed by atoms with E-state index in [0.29, 0.717) is 18.0 Å². The molecule has 0 spiro atoms. The average Bonchev–Trinajstić information content (AvgIpc) is 3.01. The molecule has 2 heterocycles. The normalized spacial score (nSPS) is 18.8. The third kappa shape index (κ3) is 3.03. The minimum Gasteiger partial charge on any atom is -0.495 e. The number of hydrogen-bond donors (Lipinski definition) is 1. The van der Waals surface area contributed by atoms with E-state index in [4.69, 9.17) is 10.5 Å². The number of alkyl halides is 1. The molecular weight excluding hydrogens is 309 g/mol. The lowest BCUT2D eigenvalue weighted by molar-refractivity contribution is 0.183. The highest BCUT2D eigenvalue weighted by molar-refractivity contribution is 5.83. The van der Waals surface area contributed by atoms with Crippen LogP contribution in [0.15, 0.2) is 24.5 Å². The molecule has 0 saturated carbocycles. The van der Waals surface area contributed by atoms with Gasteiger partial charge in [-0.15, -0.1) is 0 Å². The van der Waals surface area contributed by atoms with Gasteiger partial charge >= 0.3 is 0 Å². The maximum atomic E-state index is 13.3. The minimum absolute atomic E-state index is 0.107. The Morgan fingerprint density at radius 3 is 2.75 bits per heavy atom. The fourth-order valence-corrected chi connectivity index (χ4v) is 3.15. The van der Waals surface area contributed by atoms with E-state index in [2.05, 4.69) is 14.9 Å². The predicted octanol–water partition coefficient (Wildman–Crippen LogP) is 1.77. The van der Waals surface area contributed by atoms with Gasteiger partial charge in [-0.2, -0.15) is 5.10 Å². The van der Waals surface area contributed by atoms with Crippen molar-refractivity contribution >= 4 is 11.4 Å². The van der Waals surface area contributed by atoms with Crippen molar-refractivity contribution in [2.75, 3.05) is 51.1 Å². The lowest BCUT2D eigenvalue weighted by Gasteiger charge is -2.40. The highest BCUT2D eigenvalue weighted by Crippen LogP contribution is 2.38. The van der Waals surface area contributed by atoms with Gasteiger partial charge in [0.15, 0.2) is 0 Å². The molecule has 2 aromatic rings. The molecule has 1 fully saturated rings. The summed E-state index contributed by atoms with van der Waals surface area (Å²) >= 11 is 0. The van der Waals surface area contributed by atoms with E-state index in [1.54, 1.807) is 11.8 Å². The second-order valence-corrected chi connectivity index (χ2v) is 6.25. The van der Waals surface area contributed by atoms with Crippen LogP contribution >= 0.6 is 0 Å². The molecule has 6 nitrogen and oxygen atoms in total. The second kappa shape index (κ2) is 6.68. The molecule has 2 N–H and O–H groups in total. The molecule has 1 aliphatic rings. The van der Waals surface area contributed by atoms with Crippen molar-refractivity contribution in [3.05, 3.63) is 24.5 Å². The molecule has 130 valence electrons. The van der Waals surface area contributed by atoms with Gasteiger partial charge in [0.2, 0.25) is 0 Å². The second-order valence-electron chi connectivity index (χ2n) is 6.25. The highest BCUT2D eigenvalue weighted by Gasteiger charge is 2.27. The Morgan fingerprint density at radius 2 is 2.12 bits per heavy atom. The summed E-state index contributed by atoms with van der Waals surface area (Å²) in [5, 5.41) is 4.25. The van der Waals surface area contributed by atoms with Crippen molar-refractivity contribution in [1.29, 1.82) is 0 Å². The Hall–Kier alpha value is -2.28. The predicted molar refractivity (Wildman–Crippen MR) is 94.2 cm³/mol. The fourth-order valence-electron chi connectivity index (χ4n) is 3.15. The van der Waals surface area contributed by atoms with Gasteiger partial charge in [-0.25, -0.2) is 4.39 Å². The Bertz CT molecular complexity index is 717. The smallest absolute Gasteiger partial charge is 0.143 e. The molecule has 3 rings (SSSR count). The van der Waals surface area contributed by atoms with Crippen LogP contribution in [0.2, 0.25) is 0 Å². The van der Waals surface area contributed by atoms with E-state index in [-0.39, 0.29) is 12.7 Å². The summed E-state index contributed by atoms with van der Waals surface area (Å²) in [6, 6.07) is 3.75.